The van der Waals surface area contributed by atoms with Crippen LogP contribution in [0.3, 0.4) is 0 Å². The molecule has 0 fully saturated rings. The molecule has 3 aromatic rings. The van der Waals surface area contributed by atoms with E-state index < -0.39 is 43.4 Å². The Morgan fingerprint density at radius 1 is 1.21 bits per heavy atom. The molecule has 2 unspecified atom stereocenters. The Balaban J connectivity index is 1.73. The van der Waals surface area contributed by atoms with Crippen molar-refractivity contribution in [1.82, 2.24) is 29.7 Å². The van der Waals surface area contributed by atoms with Gasteiger partial charge in [-0.3, -0.25) is 14.4 Å². The number of aliphatic hydroxyl groups is 1. The number of ether oxygens (including phenoxy) is 2. The zero-order chi connectivity index (χ0) is 28.6. The van der Waals surface area contributed by atoms with Gasteiger partial charge in [0.2, 0.25) is 0 Å². The maximum absolute atomic E-state index is 14.1. The van der Waals surface area contributed by atoms with Gasteiger partial charge >= 0.3 is 0 Å². The normalized spacial score (nSPS) is 15.1. The number of hydrogen-bond acceptors (Lipinski definition) is 9. The van der Waals surface area contributed by atoms with E-state index in [0.717, 1.165) is 31.4 Å². The van der Waals surface area contributed by atoms with Gasteiger partial charge in [-0.05, 0) is 51.5 Å². The lowest BCUT2D eigenvalue weighted by molar-refractivity contribution is -0.140. The quantitative estimate of drug-likeness (QED) is 0.122. The molecule has 0 bridgehead atoms. The largest absolute Gasteiger partial charge is 0.382 e. The second-order valence-electron chi connectivity index (χ2n) is 9.89. The molecule has 1 aromatic carbocycles. The van der Waals surface area contributed by atoms with E-state index in [2.05, 4.69) is 32.1 Å². The van der Waals surface area contributed by atoms with Crippen LogP contribution in [0, 0.1) is 5.82 Å². The Labute approximate surface area is 227 Å². The van der Waals surface area contributed by atoms with Gasteiger partial charge in [0.1, 0.15) is 24.0 Å². The van der Waals surface area contributed by atoms with Crippen LogP contribution in [0.4, 0.5) is 10.2 Å². The zero-order valence-electron chi connectivity index (χ0n) is 22.6. The molecule has 0 aliphatic heterocycles. The van der Waals surface area contributed by atoms with Crippen LogP contribution in [0.2, 0.25) is 0 Å². The number of fused-ring (bicyclic) bond motifs is 1. The average Bonchev–Trinajstić information content (AvgIpc) is 3.29. The Morgan fingerprint density at radius 2 is 1.92 bits per heavy atom. The number of benzene rings is 1. The van der Waals surface area contributed by atoms with Gasteiger partial charge < -0.3 is 24.9 Å². The summed E-state index contributed by atoms with van der Waals surface area (Å²) in [6.45, 7) is 7.66. The number of imidazole rings is 1. The van der Waals surface area contributed by atoms with Gasteiger partial charge in [0, 0.05) is 12.2 Å². The van der Waals surface area contributed by atoms with Crippen molar-refractivity contribution in [1.29, 1.82) is 0 Å². The molecular formula is C25H37FN7O5P. The topological polar surface area (TPSA) is 167 Å². The van der Waals surface area contributed by atoms with E-state index in [1.165, 1.54) is 18.5 Å². The fourth-order valence-electron chi connectivity index (χ4n) is 3.79. The summed E-state index contributed by atoms with van der Waals surface area (Å²) in [5.41, 5.74) is 5.72. The fourth-order valence-corrected chi connectivity index (χ4v) is 5.94. The van der Waals surface area contributed by atoms with Crippen LogP contribution in [0.25, 0.3) is 11.2 Å². The highest BCUT2D eigenvalue weighted by Gasteiger charge is 2.38. The van der Waals surface area contributed by atoms with Crippen LogP contribution >= 0.6 is 7.44 Å². The number of nitrogens with zero attached hydrogens (tertiary/aromatic N) is 4. The molecule has 2 aromatic heterocycles. The number of nitrogens with one attached hydrogen (secondary N) is 2. The highest BCUT2D eigenvalue weighted by atomic mass is 31.2. The van der Waals surface area contributed by atoms with Crippen molar-refractivity contribution in [3.05, 3.63) is 48.3 Å². The van der Waals surface area contributed by atoms with E-state index in [9.17, 15) is 18.9 Å². The number of aliphatic hydroxyl groups excluding tert-OH is 1. The van der Waals surface area contributed by atoms with Crippen LogP contribution in [-0.2, 0) is 20.6 Å². The van der Waals surface area contributed by atoms with Gasteiger partial charge in [-0.15, -0.1) is 0 Å². The van der Waals surface area contributed by atoms with Crippen molar-refractivity contribution < 1.29 is 28.3 Å². The summed E-state index contributed by atoms with van der Waals surface area (Å²) in [6, 6.07) is 4.84. The van der Waals surface area contributed by atoms with Crippen LogP contribution < -0.4 is 15.9 Å². The predicted octanol–water partition coefficient (Wildman–Crippen LogP) is 3.43. The second-order valence-corrected chi connectivity index (χ2v) is 12.1. The van der Waals surface area contributed by atoms with E-state index in [1.807, 2.05) is 0 Å². The first-order chi connectivity index (χ1) is 18.4. The molecule has 0 aliphatic rings. The number of amides is 1. The van der Waals surface area contributed by atoms with Crippen LogP contribution in [0.5, 0.6) is 0 Å². The third-order valence-corrected chi connectivity index (χ3v) is 7.94. The van der Waals surface area contributed by atoms with Crippen molar-refractivity contribution in [3.8, 4) is 0 Å². The first kappa shape index (κ1) is 30.6. The maximum atomic E-state index is 14.1. The lowest BCUT2D eigenvalue weighted by Crippen LogP contribution is -2.51. The molecular weight excluding hydrogens is 528 g/mol. The van der Waals surface area contributed by atoms with Crippen molar-refractivity contribution in [2.24, 2.45) is 0 Å². The summed E-state index contributed by atoms with van der Waals surface area (Å²) < 4.78 is 40.6. The number of aromatic nitrogens is 4. The van der Waals surface area contributed by atoms with Gasteiger partial charge in [0.25, 0.3) is 13.4 Å². The lowest BCUT2D eigenvalue weighted by Gasteiger charge is -2.35. The van der Waals surface area contributed by atoms with E-state index in [-0.39, 0.29) is 11.4 Å². The summed E-state index contributed by atoms with van der Waals surface area (Å²) in [5, 5.41) is 16.0. The molecule has 0 radical (unpaired) electrons. The summed E-state index contributed by atoms with van der Waals surface area (Å²) in [4.78, 5) is 25.3. The number of hydrogen-bond donors (Lipinski definition) is 4. The van der Waals surface area contributed by atoms with Crippen molar-refractivity contribution >= 4 is 30.3 Å². The standard InChI is InChI=1S/C25H37FN7O5P/c1-5-6-7-12-37-24(35)25(3,4)32-39(36,31-23(34)18-8-10-19(26)11-9-18)16-38-17(2)13-33-15-30-20-21(27)28-14-29-22(20)33/h8-11,14-15,17,24,35H,5-7,12-13,16H2,1-4H3,(H2,27,28,29)(H2,31,32,34,36)/t17-,24?,39?/m1/s1. The van der Waals surface area contributed by atoms with E-state index in [1.54, 1.807) is 31.7 Å². The molecule has 3 rings (SSSR count). The molecule has 39 heavy (non-hydrogen) atoms. The van der Waals surface area contributed by atoms with Crippen LogP contribution in [0.1, 0.15) is 57.3 Å². The first-order valence-electron chi connectivity index (χ1n) is 12.7. The highest BCUT2D eigenvalue weighted by molar-refractivity contribution is 7.60. The third-order valence-electron chi connectivity index (χ3n) is 5.92. The summed E-state index contributed by atoms with van der Waals surface area (Å²) in [6.07, 6.45) is 3.39. The number of carbonyl (C=O) groups excluding carboxylic acids is 1. The summed E-state index contributed by atoms with van der Waals surface area (Å²) in [7, 11) is -3.85. The molecule has 3 atom stereocenters. The minimum absolute atomic E-state index is 0.114. The van der Waals surface area contributed by atoms with E-state index in [4.69, 9.17) is 15.2 Å². The Hall–Kier alpha value is -2.96. The SMILES string of the molecule is CCCCCOC(O)C(C)(C)NP(=O)(CO[C@H](C)Cn1cnc2c(N)ncnc21)NC(=O)c1ccc(F)cc1. The Bertz CT molecular complexity index is 1290. The number of rotatable bonds is 15. The monoisotopic (exact) mass is 565 g/mol. The highest BCUT2D eigenvalue weighted by Crippen LogP contribution is 2.40. The zero-order valence-corrected chi connectivity index (χ0v) is 23.5. The molecule has 0 saturated carbocycles. The Morgan fingerprint density at radius 3 is 2.62 bits per heavy atom. The van der Waals surface area contributed by atoms with E-state index in [0.29, 0.717) is 24.3 Å². The molecule has 12 nitrogen and oxygen atoms in total. The number of nitrogen functional groups attached to an aromatic ring is 1. The van der Waals surface area contributed by atoms with Crippen molar-refractivity contribution in [2.75, 3.05) is 18.7 Å². The number of nitrogens with two attached hydrogens (primary N) is 1. The van der Waals surface area contributed by atoms with Crippen LogP contribution in [0.15, 0.2) is 36.9 Å². The number of unbranched alkanes of at least 4 members (excludes halogenated alkanes) is 2. The second kappa shape index (κ2) is 13.4. The molecule has 14 heteroatoms. The Kier molecular flexibility index (Phi) is 10.5. The molecule has 5 N–H and O–H groups in total. The molecule has 0 spiro atoms. The van der Waals surface area contributed by atoms with Gasteiger partial charge in [-0.1, -0.05) is 19.8 Å². The minimum Gasteiger partial charge on any atom is -0.382 e. The molecule has 0 saturated heterocycles. The predicted molar refractivity (Wildman–Crippen MR) is 145 cm³/mol. The maximum Gasteiger partial charge on any atom is 0.262 e. The van der Waals surface area contributed by atoms with Gasteiger partial charge in [-0.2, -0.15) is 0 Å². The van der Waals surface area contributed by atoms with Gasteiger partial charge in [-0.25, -0.2) is 24.4 Å². The fraction of sp³-hybridized carbons (Fsp3) is 0.520. The molecule has 214 valence electrons. The van der Waals surface area contributed by atoms with Crippen LogP contribution in [-0.4, -0.2) is 61.4 Å². The smallest absolute Gasteiger partial charge is 0.262 e. The number of anilines is 1. The molecule has 2 heterocycles. The molecule has 1 amide bonds. The number of halogens is 1. The third kappa shape index (κ3) is 8.51. The van der Waals surface area contributed by atoms with Crippen molar-refractivity contribution in [2.45, 2.75) is 71.4 Å². The lowest BCUT2D eigenvalue weighted by atomic mass is 10.1. The van der Waals surface area contributed by atoms with Gasteiger partial charge in [0.05, 0.1) is 24.5 Å². The van der Waals surface area contributed by atoms with E-state index >= 15 is 0 Å². The molecule has 0 aliphatic carbocycles. The minimum atomic E-state index is -3.85. The van der Waals surface area contributed by atoms with Crippen molar-refractivity contribution in [3.63, 3.8) is 0 Å². The summed E-state index contributed by atoms with van der Waals surface area (Å²) in [5.74, 6) is -0.945. The average molecular weight is 566 g/mol. The first-order valence-corrected chi connectivity index (χ1v) is 14.6. The summed E-state index contributed by atoms with van der Waals surface area (Å²) >= 11 is 0. The number of carbonyl (C=O) groups is 1. The van der Waals surface area contributed by atoms with Gasteiger partial charge in [0.15, 0.2) is 17.8 Å².